The molecule has 3 nitrogen and oxygen atoms in total. The summed E-state index contributed by atoms with van der Waals surface area (Å²) in [5, 5.41) is 9.41. The van der Waals surface area contributed by atoms with E-state index in [1.54, 1.807) is 0 Å². The molecule has 1 N–H and O–H groups in total. The molecule has 1 fully saturated rings. The Hall–Kier alpha value is 0.0969. The highest BCUT2D eigenvalue weighted by Crippen LogP contribution is 2.39. The Labute approximate surface area is 138 Å². The van der Waals surface area contributed by atoms with Gasteiger partial charge < -0.3 is 14.3 Å². The first-order chi connectivity index (χ1) is 10.2. The number of rotatable bonds is 11. The van der Waals surface area contributed by atoms with Gasteiger partial charge in [-0.2, -0.15) is 0 Å². The number of hydrogen-bond acceptors (Lipinski definition) is 3. The maximum Gasteiger partial charge on any atom is 0.192 e. The molecule has 0 aromatic rings. The number of ether oxygens (including phenoxy) is 1. The normalized spacial score (nSPS) is 23.6. The fourth-order valence-electron chi connectivity index (χ4n) is 2.60. The zero-order valence-electron chi connectivity index (χ0n) is 15.7. The summed E-state index contributed by atoms with van der Waals surface area (Å²) in [5.74, 6) is 0. The van der Waals surface area contributed by atoms with Crippen LogP contribution >= 0.6 is 0 Å². The fourth-order valence-corrected chi connectivity index (χ4v) is 4.00. The molecule has 0 spiro atoms. The predicted molar refractivity (Wildman–Crippen MR) is 95.8 cm³/mol. The first-order valence-corrected chi connectivity index (χ1v) is 12.1. The van der Waals surface area contributed by atoms with E-state index >= 15 is 0 Å². The molecule has 0 radical (unpaired) electrons. The van der Waals surface area contributed by atoms with E-state index in [4.69, 9.17) is 14.3 Å². The van der Waals surface area contributed by atoms with Crippen LogP contribution in [0, 0.1) is 0 Å². The van der Waals surface area contributed by atoms with Crippen LogP contribution in [-0.4, -0.2) is 38.3 Å². The molecule has 0 amide bonds. The van der Waals surface area contributed by atoms with E-state index < -0.39 is 8.32 Å². The van der Waals surface area contributed by atoms with Crippen molar-refractivity contribution in [2.75, 3.05) is 6.61 Å². The van der Waals surface area contributed by atoms with Gasteiger partial charge in [0, 0.05) is 12.5 Å². The van der Waals surface area contributed by atoms with Gasteiger partial charge in [0.15, 0.2) is 8.32 Å². The van der Waals surface area contributed by atoms with Crippen molar-refractivity contribution in [2.24, 2.45) is 0 Å². The molecule has 132 valence electrons. The molecule has 0 aromatic carbocycles. The molecule has 3 atom stereocenters. The van der Waals surface area contributed by atoms with Gasteiger partial charge in [-0.1, -0.05) is 59.8 Å². The molecular formula is C18H38O3Si. The van der Waals surface area contributed by atoms with Gasteiger partial charge in [-0.05, 0) is 24.6 Å². The van der Waals surface area contributed by atoms with Crippen molar-refractivity contribution >= 4 is 8.32 Å². The molecule has 0 saturated carbocycles. The average Bonchev–Trinajstić information content (AvgIpc) is 3.15. The summed E-state index contributed by atoms with van der Waals surface area (Å²) in [6, 6.07) is 0. The smallest absolute Gasteiger partial charge is 0.192 e. The summed E-state index contributed by atoms with van der Waals surface area (Å²) in [7, 11) is -1.73. The van der Waals surface area contributed by atoms with Crippen LogP contribution in [0.4, 0.5) is 0 Å². The Bertz CT molecular complexity index is 312. The third-order valence-electron chi connectivity index (χ3n) is 5.26. The van der Waals surface area contributed by atoms with Crippen LogP contribution in [0.5, 0.6) is 0 Å². The van der Waals surface area contributed by atoms with Crippen LogP contribution in [0.2, 0.25) is 18.1 Å². The summed E-state index contributed by atoms with van der Waals surface area (Å²) >= 11 is 0. The molecule has 1 saturated heterocycles. The first kappa shape index (κ1) is 20.1. The van der Waals surface area contributed by atoms with Gasteiger partial charge in [0.25, 0.3) is 0 Å². The van der Waals surface area contributed by atoms with Crippen LogP contribution < -0.4 is 0 Å². The van der Waals surface area contributed by atoms with E-state index in [0.29, 0.717) is 6.10 Å². The Morgan fingerprint density at radius 2 is 1.73 bits per heavy atom. The highest BCUT2D eigenvalue weighted by molar-refractivity contribution is 6.74. The van der Waals surface area contributed by atoms with Gasteiger partial charge in [-0.3, -0.25) is 0 Å². The minimum atomic E-state index is -1.73. The van der Waals surface area contributed by atoms with Crippen LogP contribution in [0.15, 0.2) is 0 Å². The van der Waals surface area contributed by atoms with Crippen LogP contribution in [0.25, 0.3) is 0 Å². The Morgan fingerprint density at radius 1 is 1.09 bits per heavy atom. The lowest BCUT2D eigenvalue weighted by Crippen LogP contribution is -2.44. The van der Waals surface area contributed by atoms with E-state index in [0.717, 1.165) is 12.8 Å². The maximum absolute atomic E-state index is 9.17. The highest BCUT2D eigenvalue weighted by atomic mass is 28.4. The minimum absolute atomic E-state index is 0.0607. The number of aliphatic hydroxyl groups is 1. The fraction of sp³-hybridized carbons (Fsp3) is 1.00. The lowest BCUT2D eigenvalue weighted by Gasteiger charge is -2.39. The van der Waals surface area contributed by atoms with Gasteiger partial charge in [0.05, 0.1) is 12.7 Å². The predicted octanol–water partition coefficient (Wildman–Crippen LogP) is 4.89. The minimum Gasteiger partial charge on any atom is -0.414 e. The molecule has 4 heteroatoms. The quantitative estimate of drug-likeness (QED) is 0.333. The standard InChI is InChI=1S/C18H38O3Si/c1-7-8-9-10-11-12-15(13-16-17(14-19)20-16)21-22(5,6)18(2,3)4/h15-17,19H,7-14H2,1-6H3/t15-,16-,17-/m0/s1. The second-order valence-corrected chi connectivity index (χ2v) is 13.1. The second-order valence-electron chi connectivity index (χ2n) is 8.33. The van der Waals surface area contributed by atoms with E-state index in [2.05, 4.69) is 40.8 Å². The molecule has 0 aliphatic carbocycles. The van der Waals surface area contributed by atoms with Gasteiger partial charge >= 0.3 is 0 Å². The number of unbranched alkanes of at least 4 members (excludes halogenated alkanes) is 4. The van der Waals surface area contributed by atoms with Crippen molar-refractivity contribution in [3.05, 3.63) is 0 Å². The van der Waals surface area contributed by atoms with Crippen molar-refractivity contribution in [3.8, 4) is 0 Å². The van der Waals surface area contributed by atoms with E-state index in [1.165, 1.54) is 32.1 Å². The summed E-state index contributed by atoms with van der Waals surface area (Å²) < 4.78 is 12.2. The number of hydrogen-bond donors (Lipinski definition) is 1. The van der Waals surface area contributed by atoms with Crippen LogP contribution in [-0.2, 0) is 9.16 Å². The molecule has 0 unspecified atom stereocenters. The van der Waals surface area contributed by atoms with E-state index in [1.807, 2.05) is 0 Å². The Kier molecular flexibility index (Phi) is 8.07. The first-order valence-electron chi connectivity index (χ1n) is 9.15. The van der Waals surface area contributed by atoms with Gasteiger partial charge in [0.2, 0.25) is 0 Å². The van der Waals surface area contributed by atoms with Crippen molar-refractivity contribution < 1.29 is 14.3 Å². The van der Waals surface area contributed by atoms with Crippen molar-refractivity contribution in [1.29, 1.82) is 0 Å². The lowest BCUT2D eigenvalue weighted by molar-refractivity contribution is 0.146. The number of aliphatic hydroxyl groups excluding tert-OH is 1. The zero-order chi connectivity index (χ0) is 16.8. The largest absolute Gasteiger partial charge is 0.414 e. The summed E-state index contributed by atoms with van der Waals surface area (Å²) in [4.78, 5) is 0. The SMILES string of the molecule is CCCCCCC[C@@H](C[C@@H]1O[C@H]1CO)O[Si](C)(C)C(C)(C)C. The monoisotopic (exact) mass is 330 g/mol. The maximum atomic E-state index is 9.17. The molecule has 1 aliphatic rings. The Morgan fingerprint density at radius 3 is 2.23 bits per heavy atom. The molecule has 22 heavy (non-hydrogen) atoms. The van der Waals surface area contributed by atoms with Gasteiger partial charge in [0.1, 0.15) is 6.10 Å². The summed E-state index contributed by atoms with van der Waals surface area (Å²) in [6.45, 7) is 13.9. The molecule has 1 heterocycles. The van der Waals surface area contributed by atoms with Crippen LogP contribution in [0.1, 0.15) is 72.6 Å². The Balaban J connectivity index is 2.47. The second kappa shape index (κ2) is 8.81. The lowest BCUT2D eigenvalue weighted by atomic mass is 10.0. The summed E-state index contributed by atoms with van der Waals surface area (Å²) in [5.41, 5.74) is 0. The van der Waals surface area contributed by atoms with E-state index in [-0.39, 0.29) is 23.9 Å². The molecule has 1 aliphatic heterocycles. The summed E-state index contributed by atoms with van der Waals surface area (Å²) in [6.07, 6.45) is 9.17. The van der Waals surface area contributed by atoms with Crippen molar-refractivity contribution in [2.45, 2.75) is 109 Å². The number of epoxide rings is 1. The topological polar surface area (TPSA) is 42.0 Å². The zero-order valence-corrected chi connectivity index (χ0v) is 16.7. The van der Waals surface area contributed by atoms with Crippen LogP contribution in [0.3, 0.4) is 0 Å². The molecule has 0 bridgehead atoms. The molecular weight excluding hydrogens is 292 g/mol. The molecule has 1 rings (SSSR count). The van der Waals surface area contributed by atoms with Crippen molar-refractivity contribution in [3.63, 3.8) is 0 Å². The van der Waals surface area contributed by atoms with Gasteiger partial charge in [-0.25, -0.2) is 0 Å². The third kappa shape index (κ3) is 6.69. The van der Waals surface area contributed by atoms with E-state index in [9.17, 15) is 0 Å². The van der Waals surface area contributed by atoms with Gasteiger partial charge in [-0.15, -0.1) is 0 Å². The average molecular weight is 331 g/mol. The highest BCUT2D eigenvalue weighted by Gasteiger charge is 2.43. The molecule has 0 aromatic heterocycles. The van der Waals surface area contributed by atoms with Crippen molar-refractivity contribution in [1.82, 2.24) is 0 Å². The third-order valence-corrected chi connectivity index (χ3v) is 9.79.